The van der Waals surface area contributed by atoms with Gasteiger partial charge in [0.2, 0.25) is 17.7 Å². The van der Waals surface area contributed by atoms with Gasteiger partial charge in [-0.25, -0.2) is 0 Å². The number of nitrogens with two attached hydrogens (primary N) is 6. The molecule has 3 amide bonds. The van der Waals surface area contributed by atoms with Crippen molar-refractivity contribution in [2.45, 2.75) is 56.7 Å². The summed E-state index contributed by atoms with van der Waals surface area (Å²) in [6, 6.07) is -3.27. The zero-order valence-electron chi connectivity index (χ0n) is 16.7. The number of carbonyl (C=O) groups is 6. The van der Waals surface area contributed by atoms with Crippen molar-refractivity contribution >= 4 is 53.0 Å². The first-order valence-electron chi connectivity index (χ1n) is 8.35. The molecule has 0 aliphatic heterocycles. The first-order chi connectivity index (χ1) is 13.6. The van der Waals surface area contributed by atoms with E-state index in [0.717, 1.165) is 0 Å². The molecule has 16 heteroatoms. The summed E-state index contributed by atoms with van der Waals surface area (Å²) in [6.45, 7) is 0. The maximum atomic E-state index is 10.1. The monoisotopic (exact) mass is 462 g/mol. The molecule has 0 aromatic carbocycles. The van der Waals surface area contributed by atoms with Gasteiger partial charge >= 0.3 is 17.4 Å². The molecular weight excluding hydrogens is 435 g/mol. The van der Waals surface area contributed by atoms with Crippen LogP contribution in [0.2, 0.25) is 0 Å². The van der Waals surface area contributed by atoms with Gasteiger partial charge in [0.1, 0.15) is 0 Å². The Morgan fingerprint density at radius 3 is 0.774 bits per heavy atom. The van der Waals surface area contributed by atoms with Crippen LogP contribution in [0.3, 0.4) is 0 Å². The molecule has 0 aliphatic rings. The van der Waals surface area contributed by atoms with Gasteiger partial charge in [0.05, 0.1) is 17.9 Å². The number of carboxylic acids is 3. The zero-order valence-corrected chi connectivity index (χ0v) is 17.8. The van der Waals surface area contributed by atoms with Gasteiger partial charge in [-0.05, 0) is 19.3 Å². The summed E-state index contributed by atoms with van der Waals surface area (Å²) in [5.41, 5.74) is 29.2. The summed E-state index contributed by atoms with van der Waals surface area (Å²) in [5.74, 6) is -5.76. The van der Waals surface area contributed by atoms with Crippen molar-refractivity contribution in [2.24, 2.45) is 34.4 Å². The Kier molecular flexibility index (Phi) is 23.6. The molecule has 0 unspecified atom stereocenters. The summed E-state index contributed by atoms with van der Waals surface area (Å²) >= 11 is 0. The van der Waals surface area contributed by atoms with Crippen LogP contribution in [0.25, 0.3) is 0 Å². The molecule has 0 saturated carbocycles. The van der Waals surface area contributed by atoms with E-state index in [0.29, 0.717) is 0 Å². The fourth-order valence-corrected chi connectivity index (χ4v) is 1.25. The number of hydrogen-bond acceptors (Lipinski definition) is 12. The maximum absolute atomic E-state index is 10.1. The second-order valence-corrected chi connectivity index (χ2v) is 5.79. The van der Waals surface area contributed by atoms with E-state index in [9.17, 15) is 44.1 Å². The number of carboxylic acid groups (broad SMARTS) is 3. The number of aliphatic carboxylic acids is 3. The molecule has 0 aliphatic carbocycles. The molecule has 174 valence electrons. The minimum absolute atomic E-state index is 0. The van der Waals surface area contributed by atoms with E-state index in [1.807, 2.05) is 0 Å². The standard InChI is InChI=1S/3C5H10N2O3.Al/c3*6-3(5(9)10)1-2-4(7)8;/h3*3H,1-2,6H2,(H2,7,8)(H,9,10);/q;;;+3/p-3/t3*3-;/m000./s1. The Morgan fingerprint density at radius 1 is 0.516 bits per heavy atom. The first-order valence-corrected chi connectivity index (χ1v) is 8.35. The summed E-state index contributed by atoms with van der Waals surface area (Å²) in [5, 5.41) is 29.8. The Labute approximate surface area is 188 Å². The molecule has 0 aromatic rings. The molecule has 0 saturated heterocycles. The van der Waals surface area contributed by atoms with Crippen LogP contribution in [0.5, 0.6) is 0 Å². The fraction of sp³-hybridized carbons (Fsp3) is 0.600. The molecule has 15 nitrogen and oxygen atoms in total. The molecule has 0 aromatic heterocycles. The van der Waals surface area contributed by atoms with Crippen molar-refractivity contribution in [3.63, 3.8) is 0 Å². The first kappa shape index (κ1) is 35.7. The normalized spacial score (nSPS) is 12.1. The van der Waals surface area contributed by atoms with Crippen LogP contribution < -0.4 is 49.7 Å². The van der Waals surface area contributed by atoms with Crippen molar-refractivity contribution < 1.29 is 44.1 Å². The predicted molar refractivity (Wildman–Crippen MR) is 100.0 cm³/mol. The second kappa shape index (κ2) is 20.5. The molecule has 0 rings (SSSR count). The quantitative estimate of drug-likeness (QED) is 0.147. The van der Waals surface area contributed by atoms with Crippen molar-refractivity contribution in [1.29, 1.82) is 0 Å². The van der Waals surface area contributed by atoms with Crippen LogP contribution in [0.1, 0.15) is 38.5 Å². The summed E-state index contributed by atoms with van der Waals surface area (Å²) in [4.78, 5) is 60.0. The van der Waals surface area contributed by atoms with Crippen LogP contribution in [0.15, 0.2) is 0 Å². The van der Waals surface area contributed by atoms with Gasteiger partial charge in [0.15, 0.2) is 0 Å². The van der Waals surface area contributed by atoms with Crippen LogP contribution in [0.4, 0.5) is 0 Å². The van der Waals surface area contributed by atoms with Gasteiger partial charge in [-0.3, -0.25) is 14.4 Å². The second-order valence-electron chi connectivity index (χ2n) is 5.79. The van der Waals surface area contributed by atoms with Crippen LogP contribution in [-0.2, 0) is 28.8 Å². The Morgan fingerprint density at radius 2 is 0.677 bits per heavy atom. The molecule has 0 radical (unpaired) electrons. The zero-order chi connectivity index (χ0) is 24.4. The number of primary amides is 3. The van der Waals surface area contributed by atoms with Gasteiger partial charge in [-0.15, -0.1) is 0 Å². The molecule has 0 bridgehead atoms. The van der Waals surface area contributed by atoms with E-state index in [4.69, 9.17) is 34.4 Å². The van der Waals surface area contributed by atoms with Crippen molar-refractivity contribution in [3.8, 4) is 0 Å². The van der Waals surface area contributed by atoms with E-state index in [1.54, 1.807) is 0 Å². The third-order valence-electron chi connectivity index (χ3n) is 3.01. The number of carbonyl (C=O) groups excluding carboxylic acids is 6. The predicted octanol–water partition coefficient (Wildman–Crippen LogP) is -8.39. The molecule has 0 spiro atoms. The van der Waals surface area contributed by atoms with Crippen LogP contribution >= 0.6 is 0 Å². The molecule has 0 heterocycles. The SMILES string of the molecule is NC(=O)CC[C@H](N)C(=O)[O-].NC(=O)CC[C@H](N)C(=O)[O-].NC(=O)CC[C@H](N)C(=O)[O-].[Al+3]. The van der Waals surface area contributed by atoms with Crippen molar-refractivity contribution in [1.82, 2.24) is 0 Å². The minimum Gasteiger partial charge on any atom is -0.548 e. The van der Waals surface area contributed by atoms with Gasteiger partial charge in [-0.1, -0.05) is 0 Å². The van der Waals surface area contributed by atoms with Gasteiger partial charge in [0, 0.05) is 37.4 Å². The molecular formula is C15H27AlN6O9. The van der Waals surface area contributed by atoms with Gasteiger partial charge < -0.3 is 64.1 Å². The Bertz CT molecular complexity index is 525. The van der Waals surface area contributed by atoms with Crippen LogP contribution in [-0.4, -0.2) is 71.1 Å². The number of amides is 3. The van der Waals surface area contributed by atoms with Crippen LogP contribution in [0, 0.1) is 0 Å². The molecule has 12 N–H and O–H groups in total. The van der Waals surface area contributed by atoms with Gasteiger partial charge in [0.25, 0.3) is 0 Å². The Hall–Kier alpha value is -2.77. The topological polar surface area (TPSA) is 328 Å². The third-order valence-corrected chi connectivity index (χ3v) is 3.01. The number of rotatable bonds is 12. The van der Waals surface area contributed by atoms with E-state index < -0.39 is 53.8 Å². The smallest absolute Gasteiger partial charge is 0.548 e. The Balaban J connectivity index is -0.000000174. The molecule has 0 fully saturated rings. The van der Waals surface area contributed by atoms with E-state index in [2.05, 4.69) is 0 Å². The fourth-order valence-electron chi connectivity index (χ4n) is 1.25. The largest absolute Gasteiger partial charge is 3.00 e. The van der Waals surface area contributed by atoms with Crippen molar-refractivity contribution in [2.75, 3.05) is 0 Å². The summed E-state index contributed by atoms with van der Waals surface area (Å²) in [6.07, 6.45) is 0.0619. The van der Waals surface area contributed by atoms with E-state index >= 15 is 0 Å². The average molecular weight is 462 g/mol. The molecule has 3 atom stereocenters. The number of hydrogen-bond donors (Lipinski definition) is 6. The maximum Gasteiger partial charge on any atom is 3.00 e. The minimum atomic E-state index is -1.36. The average Bonchev–Trinajstić information content (AvgIpc) is 2.62. The third kappa shape index (κ3) is 29.5. The summed E-state index contributed by atoms with van der Waals surface area (Å²) < 4.78 is 0. The van der Waals surface area contributed by atoms with Crippen molar-refractivity contribution in [3.05, 3.63) is 0 Å². The molecule has 31 heavy (non-hydrogen) atoms. The van der Waals surface area contributed by atoms with E-state index in [1.165, 1.54) is 0 Å². The summed E-state index contributed by atoms with van der Waals surface area (Å²) in [7, 11) is 0. The van der Waals surface area contributed by atoms with Gasteiger partial charge in [-0.2, -0.15) is 0 Å². The van der Waals surface area contributed by atoms with E-state index in [-0.39, 0.29) is 55.9 Å².